The first kappa shape index (κ1) is 14.0. The molecule has 0 heterocycles. The summed E-state index contributed by atoms with van der Waals surface area (Å²) < 4.78 is 0.719. The maximum Gasteiger partial charge on any atom is 0.251 e. The molecule has 0 aliphatic heterocycles. The molecule has 4 N–H and O–H groups in total. The normalized spacial score (nSPS) is 10.2. The van der Waals surface area contributed by atoms with Gasteiger partial charge in [0.05, 0.1) is 5.56 Å². The maximum absolute atomic E-state index is 11.3. The SMILES string of the molecule is CCCNCCNc1cccc(Br)c1C(N)=O. The standard InChI is InChI=1S/C12H18BrN3O/c1-2-6-15-7-8-16-10-5-3-4-9(13)11(10)12(14)17/h3-5,15-16H,2,6-8H2,1H3,(H2,14,17). The molecule has 1 amide bonds. The molecule has 5 heteroatoms. The van der Waals surface area contributed by atoms with E-state index in [1.807, 2.05) is 12.1 Å². The quantitative estimate of drug-likeness (QED) is 0.674. The summed E-state index contributed by atoms with van der Waals surface area (Å²) >= 11 is 3.33. The Balaban J connectivity index is 2.58. The fraction of sp³-hybridized carbons (Fsp3) is 0.417. The van der Waals surface area contributed by atoms with Gasteiger partial charge in [-0.1, -0.05) is 13.0 Å². The number of carbonyl (C=O) groups excluding carboxylic acids is 1. The first-order valence-electron chi connectivity index (χ1n) is 5.69. The lowest BCUT2D eigenvalue weighted by Crippen LogP contribution is -2.24. The molecule has 0 aromatic heterocycles. The van der Waals surface area contributed by atoms with Crippen molar-refractivity contribution in [2.24, 2.45) is 5.73 Å². The number of nitrogens with one attached hydrogen (secondary N) is 2. The Hall–Kier alpha value is -1.07. The van der Waals surface area contributed by atoms with Gasteiger partial charge < -0.3 is 16.4 Å². The van der Waals surface area contributed by atoms with Crippen LogP contribution >= 0.6 is 15.9 Å². The van der Waals surface area contributed by atoms with Crippen molar-refractivity contribution >= 4 is 27.5 Å². The van der Waals surface area contributed by atoms with Gasteiger partial charge in [0.25, 0.3) is 5.91 Å². The summed E-state index contributed by atoms with van der Waals surface area (Å²) in [6, 6.07) is 5.53. The van der Waals surface area contributed by atoms with E-state index < -0.39 is 5.91 Å². The third-order valence-corrected chi connectivity index (χ3v) is 2.96. The molecule has 17 heavy (non-hydrogen) atoms. The fourth-order valence-electron chi connectivity index (χ4n) is 1.51. The second-order valence-corrected chi connectivity index (χ2v) is 4.56. The molecule has 1 rings (SSSR count). The largest absolute Gasteiger partial charge is 0.383 e. The molecule has 4 nitrogen and oxygen atoms in total. The van der Waals surface area contributed by atoms with Crippen LogP contribution in [-0.4, -0.2) is 25.5 Å². The van der Waals surface area contributed by atoms with E-state index in [1.54, 1.807) is 6.07 Å². The molecule has 0 saturated carbocycles. The van der Waals surface area contributed by atoms with Crippen LogP contribution in [0.15, 0.2) is 22.7 Å². The smallest absolute Gasteiger partial charge is 0.251 e. The average molecular weight is 300 g/mol. The molecular weight excluding hydrogens is 282 g/mol. The highest BCUT2D eigenvalue weighted by Gasteiger charge is 2.11. The molecule has 1 aromatic carbocycles. The molecule has 0 aliphatic rings. The number of rotatable bonds is 7. The molecule has 0 aliphatic carbocycles. The summed E-state index contributed by atoms with van der Waals surface area (Å²) in [6.07, 6.45) is 1.11. The third kappa shape index (κ3) is 4.36. The van der Waals surface area contributed by atoms with Gasteiger partial charge in [0.1, 0.15) is 0 Å². The van der Waals surface area contributed by atoms with Gasteiger partial charge in [-0.25, -0.2) is 0 Å². The van der Waals surface area contributed by atoms with E-state index in [4.69, 9.17) is 5.73 Å². The van der Waals surface area contributed by atoms with Gasteiger partial charge in [0.2, 0.25) is 0 Å². The zero-order valence-electron chi connectivity index (χ0n) is 9.92. The van der Waals surface area contributed by atoms with Crippen LogP contribution < -0.4 is 16.4 Å². The first-order valence-corrected chi connectivity index (χ1v) is 6.49. The molecule has 0 atom stereocenters. The van der Waals surface area contributed by atoms with Crippen molar-refractivity contribution in [1.82, 2.24) is 5.32 Å². The van der Waals surface area contributed by atoms with Crippen molar-refractivity contribution in [3.05, 3.63) is 28.2 Å². The Morgan fingerprint density at radius 3 is 2.76 bits per heavy atom. The van der Waals surface area contributed by atoms with E-state index in [-0.39, 0.29) is 0 Å². The molecule has 0 spiro atoms. The van der Waals surface area contributed by atoms with Crippen molar-refractivity contribution < 1.29 is 4.79 Å². The number of hydrogen-bond acceptors (Lipinski definition) is 3. The number of primary amides is 1. The number of anilines is 1. The van der Waals surface area contributed by atoms with Crippen molar-refractivity contribution in [2.75, 3.05) is 25.0 Å². The van der Waals surface area contributed by atoms with E-state index in [2.05, 4.69) is 33.5 Å². The van der Waals surface area contributed by atoms with Gasteiger partial charge in [-0.2, -0.15) is 0 Å². The van der Waals surface area contributed by atoms with E-state index in [0.29, 0.717) is 5.56 Å². The predicted octanol–water partition coefficient (Wildman–Crippen LogP) is 1.96. The number of benzene rings is 1. The highest BCUT2D eigenvalue weighted by atomic mass is 79.9. The highest BCUT2D eigenvalue weighted by molar-refractivity contribution is 9.10. The third-order valence-electron chi connectivity index (χ3n) is 2.30. The average Bonchev–Trinajstić information content (AvgIpc) is 2.28. The zero-order valence-corrected chi connectivity index (χ0v) is 11.5. The molecule has 1 aromatic rings. The summed E-state index contributed by atoms with van der Waals surface area (Å²) in [5.74, 6) is -0.429. The summed E-state index contributed by atoms with van der Waals surface area (Å²) in [7, 11) is 0. The Bertz CT molecular complexity index is 382. The lowest BCUT2D eigenvalue weighted by atomic mass is 10.1. The van der Waals surface area contributed by atoms with E-state index >= 15 is 0 Å². The topological polar surface area (TPSA) is 67.2 Å². The molecule has 94 valence electrons. The number of halogens is 1. The minimum Gasteiger partial charge on any atom is -0.383 e. The first-order chi connectivity index (χ1) is 8.16. The summed E-state index contributed by atoms with van der Waals surface area (Å²) in [4.78, 5) is 11.3. The monoisotopic (exact) mass is 299 g/mol. The van der Waals surface area contributed by atoms with E-state index in [9.17, 15) is 4.79 Å². The maximum atomic E-state index is 11.3. The number of amides is 1. The zero-order chi connectivity index (χ0) is 12.7. The molecule has 0 unspecified atom stereocenters. The minimum absolute atomic E-state index is 0.429. The van der Waals surface area contributed by atoms with Gasteiger partial charge in [-0.3, -0.25) is 4.79 Å². The summed E-state index contributed by atoms with van der Waals surface area (Å²) in [6.45, 7) is 4.75. The number of nitrogens with two attached hydrogens (primary N) is 1. The second kappa shape index (κ2) is 7.29. The molecule has 0 bridgehead atoms. The molecule has 0 saturated heterocycles. The summed E-state index contributed by atoms with van der Waals surface area (Å²) in [5, 5.41) is 6.48. The number of carbonyl (C=O) groups is 1. The van der Waals surface area contributed by atoms with Gasteiger partial charge in [0, 0.05) is 23.2 Å². The van der Waals surface area contributed by atoms with Crippen LogP contribution in [0.4, 0.5) is 5.69 Å². The van der Waals surface area contributed by atoms with Crippen LogP contribution in [0.1, 0.15) is 23.7 Å². The van der Waals surface area contributed by atoms with Crippen LogP contribution in [0.25, 0.3) is 0 Å². The van der Waals surface area contributed by atoms with Crippen molar-refractivity contribution in [3.63, 3.8) is 0 Å². The van der Waals surface area contributed by atoms with Crippen molar-refractivity contribution in [2.45, 2.75) is 13.3 Å². The lowest BCUT2D eigenvalue weighted by Gasteiger charge is -2.11. The van der Waals surface area contributed by atoms with E-state index in [0.717, 1.165) is 36.2 Å². The number of hydrogen-bond donors (Lipinski definition) is 3. The van der Waals surface area contributed by atoms with Crippen LogP contribution in [0, 0.1) is 0 Å². The summed E-state index contributed by atoms with van der Waals surface area (Å²) in [5.41, 5.74) is 6.61. The molecule has 0 fully saturated rings. The van der Waals surface area contributed by atoms with Gasteiger partial charge >= 0.3 is 0 Å². The Morgan fingerprint density at radius 1 is 1.35 bits per heavy atom. The van der Waals surface area contributed by atoms with E-state index in [1.165, 1.54) is 0 Å². The Kier molecular flexibility index (Phi) is 6.00. The lowest BCUT2D eigenvalue weighted by molar-refractivity contribution is 0.100. The van der Waals surface area contributed by atoms with Crippen molar-refractivity contribution in [3.8, 4) is 0 Å². The van der Waals surface area contributed by atoms with Crippen LogP contribution in [0.3, 0.4) is 0 Å². The minimum atomic E-state index is -0.429. The highest BCUT2D eigenvalue weighted by Crippen LogP contribution is 2.23. The van der Waals surface area contributed by atoms with Gasteiger partial charge in [-0.05, 0) is 41.0 Å². The predicted molar refractivity (Wildman–Crippen MR) is 74.3 cm³/mol. The van der Waals surface area contributed by atoms with Crippen molar-refractivity contribution in [1.29, 1.82) is 0 Å². The Morgan fingerprint density at radius 2 is 2.12 bits per heavy atom. The second-order valence-electron chi connectivity index (χ2n) is 3.70. The van der Waals surface area contributed by atoms with Crippen LogP contribution in [-0.2, 0) is 0 Å². The molecular formula is C12H18BrN3O. The Labute approximate surface area is 110 Å². The van der Waals surface area contributed by atoms with Crippen LogP contribution in [0.2, 0.25) is 0 Å². The van der Waals surface area contributed by atoms with Gasteiger partial charge in [0.15, 0.2) is 0 Å². The fourth-order valence-corrected chi connectivity index (χ4v) is 2.07. The molecule has 0 radical (unpaired) electrons. The van der Waals surface area contributed by atoms with Gasteiger partial charge in [-0.15, -0.1) is 0 Å². The van der Waals surface area contributed by atoms with Crippen LogP contribution in [0.5, 0.6) is 0 Å².